The first-order valence-electron chi connectivity index (χ1n) is 5.80. The zero-order chi connectivity index (χ0) is 16.8. The van der Waals surface area contributed by atoms with Crippen LogP contribution in [0.4, 0.5) is 4.39 Å². The number of nitrogens with two attached hydrogens (primary N) is 1. The smallest absolute Gasteiger partial charge is 0.283 e. The molecule has 0 aromatic heterocycles. The van der Waals surface area contributed by atoms with Gasteiger partial charge in [0.05, 0.1) is 10.8 Å². The van der Waals surface area contributed by atoms with E-state index in [1.165, 1.54) is 24.3 Å². The lowest BCUT2D eigenvalue weighted by molar-refractivity contribution is 0.273. The van der Waals surface area contributed by atoms with Gasteiger partial charge in [0.15, 0.2) is 0 Å². The molecule has 120 valence electrons. The summed E-state index contributed by atoms with van der Waals surface area (Å²) in [7, 11) is -9.80. The molecular formula is C12H11ClFNO5S2. The van der Waals surface area contributed by atoms with Crippen LogP contribution in [-0.2, 0) is 20.1 Å². The lowest BCUT2D eigenvalue weighted by Gasteiger charge is -2.32. The lowest BCUT2D eigenvalue weighted by Crippen LogP contribution is -2.43. The first-order chi connectivity index (χ1) is 9.97. The van der Waals surface area contributed by atoms with Gasteiger partial charge < -0.3 is 0 Å². The monoisotopic (exact) mass is 367 g/mol. The largest absolute Gasteiger partial charge is 0.305 e. The maximum absolute atomic E-state index is 15.1. The molecule has 22 heavy (non-hydrogen) atoms. The summed E-state index contributed by atoms with van der Waals surface area (Å²) in [5.74, 6) is -1.87. The second-order valence-electron chi connectivity index (χ2n) is 4.64. The van der Waals surface area contributed by atoms with Gasteiger partial charge in [0.25, 0.3) is 5.00 Å². The maximum Gasteiger partial charge on any atom is 0.305 e. The van der Waals surface area contributed by atoms with Gasteiger partial charge in [-0.05, 0) is 17.7 Å². The summed E-state index contributed by atoms with van der Waals surface area (Å²) < 4.78 is 70.8. The van der Waals surface area contributed by atoms with Crippen molar-refractivity contribution >= 4 is 31.7 Å². The highest BCUT2D eigenvalue weighted by atomic mass is 35.5. The highest BCUT2D eigenvalue weighted by molar-refractivity contribution is 7.93. The Morgan fingerprint density at radius 3 is 2.18 bits per heavy atom. The van der Waals surface area contributed by atoms with E-state index in [2.05, 4.69) is 0 Å². The summed E-state index contributed by atoms with van der Waals surface area (Å²) in [4.78, 5) is -0.744. The van der Waals surface area contributed by atoms with Crippen LogP contribution < -0.4 is 5.14 Å². The summed E-state index contributed by atoms with van der Waals surface area (Å²) in [5, 5.41) is 1.08. The van der Waals surface area contributed by atoms with E-state index in [1.54, 1.807) is 6.07 Å². The molecule has 6 nitrogen and oxygen atoms in total. The summed E-state index contributed by atoms with van der Waals surface area (Å²) in [6, 6.07) is 7.12. The number of hydrogen-bond donors (Lipinski definition) is 2. The van der Waals surface area contributed by atoms with E-state index in [0.29, 0.717) is 6.08 Å². The Kier molecular flexibility index (Phi) is 4.22. The molecule has 2 rings (SSSR count). The predicted molar refractivity (Wildman–Crippen MR) is 79.7 cm³/mol. The van der Waals surface area contributed by atoms with Gasteiger partial charge in [-0.3, -0.25) is 4.55 Å². The highest BCUT2D eigenvalue weighted by Gasteiger charge is 2.55. The number of primary sulfonamides is 1. The highest BCUT2D eigenvalue weighted by Crippen LogP contribution is 2.47. The van der Waals surface area contributed by atoms with Crippen molar-refractivity contribution in [2.45, 2.75) is 10.9 Å². The van der Waals surface area contributed by atoms with Crippen LogP contribution in [0.2, 0.25) is 0 Å². The molecule has 0 bridgehead atoms. The lowest BCUT2D eigenvalue weighted by atomic mass is 9.90. The number of sulfonamides is 1. The van der Waals surface area contributed by atoms with Gasteiger partial charge in [-0.2, -0.15) is 8.42 Å². The van der Waals surface area contributed by atoms with Gasteiger partial charge in [-0.1, -0.05) is 41.9 Å². The molecule has 2 atom stereocenters. The van der Waals surface area contributed by atoms with E-state index >= 15 is 4.39 Å². The van der Waals surface area contributed by atoms with Crippen molar-refractivity contribution in [1.82, 2.24) is 0 Å². The summed E-state index contributed by atoms with van der Waals surface area (Å²) in [6.07, 6.45) is 1.30. The Labute approximate surface area is 131 Å². The minimum atomic E-state index is -5.34. The van der Waals surface area contributed by atoms with Crippen LogP contribution in [0.25, 0.3) is 0 Å². The standard InChI is InChI=1S/C12H11ClFNO5S2/c13-9-6-10(21(15,16)17)11(8-4-2-1-3-5-8)12(14,7-9)22(18,19)20/h1-7,11H,(H2,15,16,17)(H,18,19,20). The topological polar surface area (TPSA) is 115 Å². The van der Waals surface area contributed by atoms with E-state index in [0.717, 1.165) is 6.08 Å². The quantitative estimate of drug-likeness (QED) is 0.788. The second-order valence-corrected chi connectivity index (χ2v) is 8.21. The molecule has 0 saturated carbocycles. The average Bonchev–Trinajstić information content (AvgIpc) is 2.36. The van der Waals surface area contributed by atoms with Crippen LogP contribution in [0.1, 0.15) is 11.5 Å². The third-order valence-electron chi connectivity index (χ3n) is 3.15. The Morgan fingerprint density at radius 2 is 1.73 bits per heavy atom. The summed E-state index contributed by atoms with van der Waals surface area (Å²) in [6.45, 7) is 0. The molecule has 2 unspecified atom stereocenters. The average molecular weight is 368 g/mol. The molecule has 0 saturated heterocycles. The third kappa shape index (κ3) is 2.95. The number of hydrogen-bond acceptors (Lipinski definition) is 4. The number of allylic oxidation sites excluding steroid dienone is 3. The molecule has 0 fully saturated rings. The molecule has 1 aliphatic rings. The van der Waals surface area contributed by atoms with Crippen LogP contribution >= 0.6 is 11.6 Å². The molecule has 1 aliphatic carbocycles. The Hall–Kier alpha value is -1.26. The number of alkyl halides is 1. The molecule has 0 radical (unpaired) electrons. The van der Waals surface area contributed by atoms with E-state index in [4.69, 9.17) is 16.7 Å². The molecule has 0 spiro atoms. The van der Waals surface area contributed by atoms with Crippen molar-refractivity contribution in [3.8, 4) is 0 Å². The van der Waals surface area contributed by atoms with Crippen molar-refractivity contribution in [2.24, 2.45) is 5.14 Å². The summed E-state index contributed by atoms with van der Waals surface area (Å²) in [5.41, 5.74) is 0.00307. The molecule has 0 amide bonds. The van der Waals surface area contributed by atoms with E-state index in [-0.39, 0.29) is 5.56 Å². The van der Waals surface area contributed by atoms with Crippen molar-refractivity contribution in [3.63, 3.8) is 0 Å². The minimum absolute atomic E-state index is 0.00307. The second kappa shape index (κ2) is 5.43. The fourth-order valence-electron chi connectivity index (χ4n) is 2.23. The molecule has 0 heterocycles. The number of halogens is 2. The van der Waals surface area contributed by atoms with Crippen molar-refractivity contribution in [2.75, 3.05) is 0 Å². The Balaban J connectivity index is 2.84. The molecule has 0 aliphatic heterocycles. The van der Waals surface area contributed by atoms with Crippen LogP contribution in [0.15, 0.2) is 52.4 Å². The van der Waals surface area contributed by atoms with Crippen LogP contribution in [0.5, 0.6) is 0 Å². The third-order valence-corrected chi connectivity index (χ3v) is 5.52. The zero-order valence-electron chi connectivity index (χ0n) is 10.8. The Bertz CT molecular complexity index is 864. The first kappa shape index (κ1) is 17.1. The zero-order valence-corrected chi connectivity index (χ0v) is 13.2. The molecule has 1 aromatic rings. The van der Waals surface area contributed by atoms with Crippen molar-refractivity contribution < 1.29 is 25.8 Å². The maximum atomic E-state index is 15.1. The molecule has 3 N–H and O–H groups in total. The molecular weight excluding hydrogens is 357 g/mol. The summed E-state index contributed by atoms with van der Waals surface area (Å²) >= 11 is 5.61. The van der Waals surface area contributed by atoms with Gasteiger partial charge in [0, 0.05) is 5.03 Å². The normalized spacial score (nSPS) is 26.3. The van der Waals surface area contributed by atoms with Crippen LogP contribution in [0, 0.1) is 0 Å². The van der Waals surface area contributed by atoms with Crippen molar-refractivity contribution in [1.29, 1.82) is 0 Å². The van der Waals surface area contributed by atoms with Gasteiger partial charge in [-0.15, -0.1) is 0 Å². The Morgan fingerprint density at radius 1 is 1.18 bits per heavy atom. The molecule has 1 aromatic carbocycles. The van der Waals surface area contributed by atoms with Gasteiger partial charge >= 0.3 is 10.1 Å². The van der Waals surface area contributed by atoms with Gasteiger partial charge in [0.1, 0.15) is 0 Å². The van der Waals surface area contributed by atoms with E-state index in [1.807, 2.05) is 0 Å². The predicted octanol–water partition coefficient (Wildman–Crippen LogP) is 1.63. The fraction of sp³-hybridized carbons (Fsp3) is 0.167. The van der Waals surface area contributed by atoms with Crippen molar-refractivity contribution in [3.05, 3.63) is 58.0 Å². The van der Waals surface area contributed by atoms with Crippen LogP contribution in [0.3, 0.4) is 0 Å². The van der Waals surface area contributed by atoms with Gasteiger partial charge in [0.2, 0.25) is 10.0 Å². The first-order valence-corrected chi connectivity index (χ1v) is 9.17. The van der Waals surface area contributed by atoms with E-state index in [9.17, 15) is 21.4 Å². The van der Waals surface area contributed by atoms with Crippen LogP contribution in [-0.4, -0.2) is 26.4 Å². The molecule has 10 heteroatoms. The SMILES string of the molecule is NS(=O)(=O)C1=CC(Cl)=CC(F)(S(=O)(=O)O)C1c1ccccc1. The van der Waals surface area contributed by atoms with Gasteiger partial charge in [-0.25, -0.2) is 17.9 Å². The number of benzene rings is 1. The minimum Gasteiger partial charge on any atom is -0.283 e. The number of rotatable bonds is 3. The van der Waals surface area contributed by atoms with E-state index < -0.39 is 41.0 Å². The fourth-order valence-corrected chi connectivity index (χ4v) is 4.48.